The normalized spacial score (nSPS) is 17.0. The largest absolute Gasteiger partial charge is 0.468 e. The maximum Gasteiger partial charge on any atom is 0.387 e. The van der Waals surface area contributed by atoms with E-state index in [2.05, 4.69) is 19.9 Å². The first-order valence-electron chi connectivity index (χ1n) is 8.86. The van der Waals surface area contributed by atoms with Crippen LogP contribution in [0.25, 0.3) is 0 Å². The van der Waals surface area contributed by atoms with Crippen LogP contribution in [0.15, 0.2) is 47.1 Å². The molecule has 146 valence electrons. The Morgan fingerprint density at radius 2 is 1.93 bits per heavy atom. The number of piperazine rings is 1. The minimum atomic E-state index is -2.94. The molecule has 2 heterocycles. The molecule has 0 spiro atoms. The van der Waals surface area contributed by atoms with E-state index in [4.69, 9.17) is 4.42 Å². The third-order valence-electron chi connectivity index (χ3n) is 4.65. The van der Waals surface area contributed by atoms with Gasteiger partial charge >= 0.3 is 6.61 Å². The molecule has 1 aliphatic rings. The number of halogens is 2. The molecule has 1 aromatic heterocycles. The van der Waals surface area contributed by atoms with Gasteiger partial charge < -0.3 is 14.5 Å². The molecular formula is C19H23F2N3O3. The number of anilines is 1. The van der Waals surface area contributed by atoms with Crippen molar-refractivity contribution < 1.29 is 22.7 Å². The average Bonchev–Trinajstić information content (AvgIpc) is 3.16. The summed E-state index contributed by atoms with van der Waals surface area (Å²) >= 11 is 0. The molecule has 0 bridgehead atoms. The second-order valence-corrected chi connectivity index (χ2v) is 6.43. The highest BCUT2D eigenvalue weighted by atomic mass is 19.3. The number of amides is 1. The molecule has 1 fully saturated rings. The van der Waals surface area contributed by atoms with E-state index in [9.17, 15) is 13.6 Å². The Bertz CT molecular complexity index is 732. The summed E-state index contributed by atoms with van der Waals surface area (Å²) in [6.07, 6.45) is 1.66. The minimum Gasteiger partial charge on any atom is -0.468 e. The number of para-hydroxylation sites is 2. The van der Waals surface area contributed by atoms with Crippen molar-refractivity contribution in [1.82, 2.24) is 9.80 Å². The molecule has 1 aliphatic heterocycles. The van der Waals surface area contributed by atoms with E-state index in [-0.39, 0.29) is 23.4 Å². The van der Waals surface area contributed by atoms with Crippen LogP contribution in [0, 0.1) is 0 Å². The highest BCUT2D eigenvalue weighted by Gasteiger charge is 2.26. The van der Waals surface area contributed by atoms with Gasteiger partial charge in [0.1, 0.15) is 11.5 Å². The van der Waals surface area contributed by atoms with Crippen LogP contribution in [0.5, 0.6) is 5.75 Å². The van der Waals surface area contributed by atoms with Crippen LogP contribution in [0.3, 0.4) is 0 Å². The summed E-state index contributed by atoms with van der Waals surface area (Å²) in [6.45, 7) is 2.75. The zero-order valence-corrected chi connectivity index (χ0v) is 15.1. The van der Waals surface area contributed by atoms with Crippen molar-refractivity contribution in [3.05, 3.63) is 48.4 Å². The van der Waals surface area contributed by atoms with Crippen molar-refractivity contribution in [3.8, 4) is 5.75 Å². The lowest BCUT2D eigenvalue weighted by Gasteiger charge is -2.37. The Hall–Kier alpha value is -2.45. The van der Waals surface area contributed by atoms with Crippen LogP contribution >= 0.6 is 0 Å². The first kappa shape index (κ1) is 19.3. The van der Waals surface area contributed by atoms with Crippen molar-refractivity contribution in [2.75, 3.05) is 31.5 Å². The summed E-state index contributed by atoms with van der Waals surface area (Å²) in [4.78, 5) is 16.9. The number of hydrogen-bond acceptors (Lipinski definition) is 5. The van der Waals surface area contributed by atoms with Gasteiger partial charge in [-0.15, -0.1) is 0 Å². The highest BCUT2D eigenvalue weighted by molar-refractivity contribution is 5.95. The van der Waals surface area contributed by atoms with Gasteiger partial charge in [-0.1, -0.05) is 12.1 Å². The molecule has 27 heavy (non-hydrogen) atoms. The van der Waals surface area contributed by atoms with E-state index in [1.807, 2.05) is 19.1 Å². The van der Waals surface area contributed by atoms with Gasteiger partial charge in [-0.2, -0.15) is 8.78 Å². The molecule has 1 aromatic carbocycles. The second-order valence-electron chi connectivity index (χ2n) is 6.43. The maximum absolute atomic E-state index is 12.6. The number of hydrogen-bond donors (Lipinski definition) is 1. The van der Waals surface area contributed by atoms with E-state index in [1.165, 1.54) is 6.07 Å². The van der Waals surface area contributed by atoms with Crippen LogP contribution in [-0.2, 0) is 11.3 Å². The Balaban J connectivity index is 1.52. The molecule has 1 atom stereocenters. The lowest BCUT2D eigenvalue weighted by molar-refractivity contribution is -0.121. The minimum absolute atomic E-state index is 0.0451. The van der Waals surface area contributed by atoms with Gasteiger partial charge in [-0.3, -0.25) is 14.6 Å². The Labute approximate surface area is 156 Å². The summed E-state index contributed by atoms with van der Waals surface area (Å²) in [5, 5.41) is 2.69. The summed E-state index contributed by atoms with van der Waals surface area (Å²) in [7, 11) is 0. The molecular weight excluding hydrogens is 356 g/mol. The zero-order chi connectivity index (χ0) is 19.2. The fourth-order valence-corrected chi connectivity index (χ4v) is 3.10. The standard InChI is InChI=1S/C19H23F2N3O3/c1-14(18(25)22-16-6-2-3-7-17(16)27-19(20)21)24-10-8-23(9-11-24)13-15-5-4-12-26-15/h2-7,12,14,19H,8-11,13H2,1H3,(H,22,25)/t14-/m0/s1. The lowest BCUT2D eigenvalue weighted by atomic mass is 10.2. The molecule has 0 unspecified atom stereocenters. The van der Waals surface area contributed by atoms with Crippen molar-refractivity contribution in [1.29, 1.82) is 0 Å². The monoisotopic (exact) mass is 379 g/mol. The third-order valence-corrected chi connectivity index (χ3v) is 4.65. The maximum atomic E-state index is 12.6. The Morgan fingerprint density at radius 1 is 1.19 bits per heavy atom. The van der Waals surface area contributed by atoms with Gasteiger partial charge in [0.25, 0.3) is 0 Å². The fraction of sp³-hybridized carbons (Fsp3) is 0.421. The summed E-state index contributed by atoms with van der Waals surface area (Å²) in [5.41, 5.74) is 0.242. The molecule has 2 aromatic rings. The average molecular weight is 379 g/mol. The van der Waals surface area contributed by atoms with Crippen molar-refractivity contribution in [2.24, 2.45) is 0 Å². The van der Waals surface area contributed by atoms with E-state index in [1.54, 1.807) is 24.5 Å². The number of furan rings is 1. The number of rotatable bonds is 7. The van der Waals surface area contributed by atoms with Crippen LogP contribution in [0.2, 0.25) is 0 Å². The van der Waals surface area contributed by atoms with Crippen molar-refractivity contribution >= 4 is 11.6 Å². The number of carbonyl (C=O) groups excluding carboxylic acids is 1. The lowest BCUT2D eigenvalue weighted by Crippen LogP contribution is -2.52. The van der Waals surface area contributed by atoms with Gasteiger partial charge in [0.15, 0.2) is 0 Å². The van der Waals surface area contributed by atoms with Gasteiger partial charge in [0, 0.05) is 26.2 Å². The first-order chi connectivity index (χ1) is 13.0. The molecule has 0 radical (unpaired) electrons. The number of nitrogens with zero attached hydrogens (tertiary/aromatic N) is 2. The van der Waals surface area contributed by atoms with Crippen LogP contribution in [0.4, 0.5) is 14.5 Å². The van der Waals surface area contributed by atoms with Crippen molar-refractivity contribution in [3.63, 3.8) is 0 Å². The number of benzene rings is 1. The van der Waals surface area contributed by atoms with Gasteiger partial charge in [-0.05, 0) is 31.2 Å². The summed E-state index contributed by atoms with van der Waals surface area (Å²) < 4.78 is 34.8. The summed E-state index contributed by atoms with van der Waals surface area (Å²) in [6, 6.07) is 9.62. The Morgan fingerprint density at radius 3 is 2.59 bits per heavy atom. The van der Waals surface area contributed by atoms with E-state index in [0.717, 1.165) is 38.5 Å². The van der Waals surface area contributed by atoms with Gasteiger partial charge in [0.2, 0.25) is 5.91 Å². The predicted molar refractivity (Wildman–Crippen MR) is 96.7 cm³/mol. The predicted octanol–water partition coefficient (Wildman–Crippen LogP) is 3.03. The number of carbonyl (C=O) groups is 1. The second kappa shape index (κ2) is 8.96. The smallest absolute Gasteiger partial charge is 0.387 e. The zero-order valence-electron chi connectivity index (χ0n) is 15.1. The van der Waals surface area contributed by atoms with Crippen molar-refractivity contribution in [2.45, 2.75) is 26.1 Å². The Kier molecular flexibility index (Phi) is 6.41. The van der Waals surface area contributed by atoms with Gasteiger partial charge in [-0.25, -0.2) is 0 Å². The number of alkyl halides is 2. The molecule has 3 rings (SSSR count). The summed E-state index contributed by atoms with van der Waals surface area (Å²) in [5.74, 6) is 0.626. The van der Waals surface area contributed by atoms with Crippen LogP contribution in [0.1, 0.15) is 12.7 Å². The van der Waals surface area contributed by atoms with E-state index >= 15 is 0 Å². The highest BCUT2D eigenvalue weighted by Crippen LogP contribution is 2.26. The van der Waals surface area contributed by atoms with E-state index in [0.29, 0.717) is 0 Å². The van der Waals surface area contributed by atoms with Crippen LogP contribution < -0.4 is 10.1 Å². The quantitative estimate of drug-likeness (QED) is 0.801. The SMILES string of the molecule is C[C@@H](C(=O)Nc1ccccc1OC(F)F)N1CCN(Cc2ccco2)CC1. The number of ether oxygens (including phenoxy) is 1. The molecule has 6 nitrogen and oxygen atoms in total. The molecule has 8 heteroatoms. The topological polar surface area (TPSA) is 58.0 Å². The van der Waals surface area contributed by atoms with E-state index < -0.39 is 6.61 Å². The molecule has 1 saturated heterocycles. The molecule has 1 N–H and O–H groups in total. The fourth-order valence-electron chi connectivity index (χ4n) is 3.10. The molecule has 0 saturated carbocycles. The number of nitrogens with one attached hydrogen (secondary N) is 1. The molecule has 0 aliphatic carbocycles. The van der Waals surface area contributed by atoms with Gasteiger partial charge in [0.05, 0.1) is 24.5 Å². The molecule has 1 amide bonds. The first-order valence-corrected chi connectivity index (χ1v) is 8.86. The third kappa shape index (κ3) is 5.27. The van der Waals surface area contributed by atoms with Crippen LogP contribution in [-0.4, -0.2) is 54.5 Å².